The minimum atomic E-state index is 0. The summed E-state index contributed by atoms with van der Waals surface area (Å²) in [6, 6.07) is 10.0. The normalized spacial score (nSPS) is 4.38. The maximum atomic E-state index is 8.68. The van der Waals surface area contributed by atoms with Crippen molar-refractivity contribution in [1.29, 1.82) is 0 Å². The van der Waals surface area contributed by atoms with Gasteiger partial charge in [-0.2, -0.15) is 25.1 Å². The zero-order chi connectivity index (χ0) is 10.2. The van der Waals surface area contributed by atoms with Crippen LogP contribution in [-0.4, -0.2) is 6.29 Å². The maximum absolute atomic E-state index is 8.68. The Balaban J connectivity index is -0.0000000453. The molecular weight excluding hydrogens is 212 g/mol. The first-order chi connectivity index (χ1) is 5.91. The van der Waals surface area contributed by atoms with Gasteiger partial charge in [0.25, 0.3) is 0 Å². The van der Waals surface area contributed by atoms with Crippen molar-refractivity contribution >= 4 is 6.29 Å². The molecule has 0 spiro atoms. The molecule has 0 aromatic heterocycles. The molecule has 1 rings (SSSR count). The second-order valence-corrected chi connectivity index (χ2v) is 1.17. The molecular formula is C9H8FeO3+4. The van der Waals surface area contributed by atoms with Gasteiger partial charge in [-0.3, -0.25) is 6.29 Å². The van der Waals surface area contributed by atoms with Crippen LogP contribution in [0.15, 0.2) is 30.3 Å². The summed E-state index contributed by atoms with van der Waals surface area (Å²) >= 11 is 0. The van der Waals surface area contributed by atoms with E-state index in [-0.39, 0.29) is 17.1 Å². The van der Waals surface area contributed by atoms with Gasteiger partial charge < -0.3 is 4.79 Å². The van der Waals surface area contributed by atoms with Crippen molar-refractivity contribution in [2.24, 2.45) is 0 Å². The molecule has 1 aromatic carbocycles. The van der Waals surface area contributed by atoms with Crippen molar-refractivity contribution in [3.05, 3.63) is 43.6 Å². The molecule has 13 heavy (non-hydrogen) atoms. The molecule has 0 radical (unpaired) electrons. The predicted molar refractivity (Wildman–Crippen MR) is 41.3 cm³/mol. The zero-order valence-corrected chi connectivity index (χ0v) is 8.07. The minimum absolute atomic E-state index is 0. The fourth-order valence-electron chi connectivity index (χ4n) is 0.321. The molecule has 0 aliphatic heterocycles. The Morgan fingerprint density at radius 3 is 1.46 bits per heavy atom. The number of carbonyl (C=O) groups excluding carboxylic acids is 1. The van der Waals surface area contributed by atoms with Gasteiger partial charge in [0, 0.05) is 0 Å². The molecule has 0 fully saturated rings. The molecule has 3 nitrogen and oxygen atoms in total. The van der Waals surface area contributed by atoms with Crippen LogP contribution in [0.5, 0.6) is 0 Å². The standard InChI is InChI=1S/C5H5.C2H3O.2CO.Fe/c1-2-4-5-3-1;1-2-3;2*1-2;/h1-5H;1H3;;;/q2*-1;;;+6. The quantitative estimate of drug-likeness (QED) is 0.370. The first-order valence-electron chi connectivity index (χ1n) is 2.78. The van der Waals surface area contributed by atoms with Crippen LogP contribution in [0, 0.1) is 13.3 Å². The first-order valence-corrected chi connectivity index (χ1v) is 2.78. The van der Waals surface area contributed by atoms with E-state index in [1.807, 2.05) is 30.3 Å². The van der Waals surface area contributed by atoms with Gasteiger partial charge >= 0.3 is 39.7 Å². The molecule has 66 valence electrons. The Kier molecular flexibility index (Phi) is 76.6. The number of hydrogen-bond acceptors (Lipinski definition) is 1. The Hall–Kier alpha value is -0.981. The molecule has 0 saturated heterocycles. The maximum Gasteiger partial charge on any atom is 6.00 e. The van der Waals surface area contributed by atoms with Gasteiger partial charge in [-0.15, -0.1) is 0 Å². The van der Waals surface area contributed by atoms with Gasteiger partial charge in [-0.1, -0.05) is 0 Å². The summed E-state index contributed by atoms with van der Waals surface area (Å²) in [4.78, 5) is 8.68. The first kappa shape index (κ1) is 22.7. The molecule has 0 saturated carbocycles. The average molecular weight is 220 g/mol. The fourth-order valence-corrected chi connectivity index (χ4v) is 0.321. The fraction of sp³-hybridized carbons (Fsp3) is 0.111. The van der Waals surface area contributed by atoms with E-state index in [9.17, 15) is 0 Å². The summed E-state index contributed by atoms with van der Waals surface area (Å²) in [5.41, 5.74) is 0. The van der Waals surface area contributed by atoms with Gasteiger partial charge in [-0.25, -0.2) is 12.1 Å². The van der Waals surface area contributed by atoms with Crippen LogP contribution >= 0.6 is 0 Å². The van der Waals surface area contributed by atoms with Crippen molar-refractivity contribution in [2.45, 2.75) is 6.92 Å². The van der Waals surface area contributed by atoms with Gasteiger partial charge in [0.15, 0.2) is 0 Å². The smallest absolute Gasteiger partial charge is 0.214 e. The van der Waals surface area contributed by atoms with Crippen LogP contribution < -0.4 is 0 Å². The molecule has 0 unspecified atom stereocenters. The molecule has 0 N–H and O–H groups in total. The largest absolute Gasteiger partial charge is 6.00 e. The van der Waals surface area contributed by atoms with E-state index >= 15 is 0 Å². The van der Waals surface area contributed by atoms with Crippen molar-refractivity contribution in [2.75, 3.05) is 0 Å². The number of hydrogen-bond donors (Lipinski definition) is 0. The van der Waals surface area contributed by atoms with Gasteiger partial charge in [0.1, 0.15) is 0 Å². The molecule has 0 bridgehead atoms. The van der Waals surface area contributed by atoms with Crippen molar-refractivity contribution < 1.29 is 31.2 Å². The molecule has 1 aromatic rings. The molecule has 0 aliphatic rings. The van der Waals surface area contributed by atoms with E-state index in [2.05, 4.69) is 13.3 Å². The van der Waals surface area contributed by atoms with Crippen LogP contribution in [-0.2, 0) is 31.2 Å². The van der Waals surface area contributed by atoms with E-state index in [0.29, 0.717) is 0 Å². The summed E-state index contributed by atoms with van der Waals surface area (Å²) < 4.78 is 15.0. The predicted octanol–water partition coefficient (Wildman–Crippen LogP) is 1.44. The molecule has 4 heteroatoms. The Morgan fingerprint density at radius 2 is 1.38 bits per heavy atom. The summed E-state index contributed by atoms with van der Waals surface area (Å²) in [5.74, 6) is 0. The van der Waals surface area contributed by atoms with E-state index in [0.717, 1.165) is 0 Å². The van der Waals surface area contributed by atoms with E-state index in [4.69, 9.17) is 14.1 Å². The van der Waals surface area contributed by atoms with E-state index < -0.39 is 0 Å². The Bertz CT molecular complexity index is 154. The van der Waals surface area contributed by atoms with E-state index in [1.165, 1.54) is 13.2 Å². The second kappa shape index (κ2) is 43.9. The van der Waals surface area contributed by atoms with Crippen LogP contribution in [0.4, 0.5) is 0 Å². The zero-order valence-electron chi connectivity index (χ0n) is 6.97. The van der Waals surface area contributed by atoms with Crippen molar-refractivity contribution in [1.82, 2.24) is 0 Å². The summed E-state index contributed by atoms with van der Waals surface area (Å²) in [6.07, 6.45) is 1.50. The summed E-state index contributed by atoms with van der Waals surface area (Å²) in [6.45, 7) is 10.3. The molecule has 0 aliphatic carbocycles. The Morgan fingerprint density at radius 1 is 1.15 bits per heavy atom. The molecule has 0 heterocycles. The minimum Gasteiger partial charge on any atom is -0.214 e. The summed E-state index contributed by atoms with van der Waals surface area (Å²) in [7, 11) is 0. The van der Waals surface area contributed by atoms with Crippen molar-refractivity contribution in [3.63, 3.8) is 0 Å². The van der Waals surface area contributed by atoms with Gasteiger partial charge in [0.2, 0.25) is 0 Å². The third-order valence-electron chi connectivity index (χ3n) is 0.556. The van der Waals surface area contributed by atoms with Crippen LogP contribution in [0.2, 0.25) is 0 Å². The monoisotopic (exact) mass is 220 g/mol. The van der Waals surface area contributed by atoms with Crippen LogP contribution in [0.25, 0.3) is 0 Å². The van der Waals surface area contributed by atoms with E-state index in [1.54, 1.807) is 0 Å². The molecule has 0 atom stereocenters. The van der Waals surface area contributed by atoms with Gasteiger partial charge in [-0.05, 0) is 0 Å². The average Bonchev–Trinajstić information content (AvgIpc) is 2.69. The van der Waals surface area contributed by atoms with Crippen molar-refractivity contribution in [3.8, 4) is 0 Å². The third kappa shape index (κ3) is 55.5. The van der Waals surface area contributed by atoms with Crippen LogP contribution in [0.1, 0.15) is 6.92 Å². The Labute approximate surface area is 88.4 Å². The van der Waals surface area contributed by atoms with Gasteiger partial charge in [0.05, 0.1) is 0 Å². The molecule has 0 amide bonds. The van der Waals surface area contributed by atoms with Crippen LogP contribution in [0.3, 0.4) is 0 Å². The summed E-state index contributed by atoms with van der Waals surface area (Å²) in [5, 5.41) is 0. The second-order valence-electron chi connectivity index (χ2n) is 1.17. The topological polar surface area (TPSA) is 56.9 Å². The third-order valence-corrected chi connectivity index (χ3v) is 0.556. The number of rotatable bonds is 0. The SMILES string of the molecule is C[C-]=O.[C-]#[O+].[C-]#[O+].[Fe+6].c1cc[cH-]c1.